The highest BCUT2D eigenvalue weighted by Gasteiger charge is 2.24. The van der Waals surface area contributed by atoms with Gasteiger partial charge in [-0.05, 0) is 19.4 Å². The van der Waals surface area contributed by atoms with Crippen LogP contribution in [0.4, 0.5) is 0 Å². The standard InChI is InChI=1S/C11H17NO2/c13-11(10-7-3-4-8-12-10)14-9-5-1-2-6-9/h1-2,9-10,12H,3-8H2/t10-/m0/s1. The molecule has 1 heterocycles. The summed E-state index contributed by atoms with van der Waals surface area (Å²) in [7, 11) is 0. The van der Waals surface area contributed by atoms with E-state index in [0.717, 1.165) is 32.2 Å². The number of rotatable bonds is 2. The van der Waals surface area contributed by atoms with Gasteiger partial charge in [-0.25, -0.2) is 0 Å². The van der Waals surface area contributed by atoms with Gasteiger partial charge >= 0.3 is 5.97 Å². The Morgan fingerprint density at radius 2 is 2.07 bits per heavy atom. The first-order valence-electron chi connectivity index (χ1n) is 5.45. The summed E-state index contributed by atoms with van der Waals surface area (Å²) in [6.45, 7) is 0.947. The van der Waals surface area contributed by atoms with Gasteiger partial charge in [-0.1, -0.05) is 18.6 Å². The van der Waals surface area contributed by atoms with Crippen molar-refractivity contribution in [2.45, 2.75) is 44.2 Å². The fraction of sp³-hybridized carbons (Fsp3) is 0.727. The van der Waals surface area contributed by atoms with Crippen molar-refractivity contribution < 1.29 is 9.53 Å². The highest BCUT2D eigenvalue weighted by Crippen LogP contribution is 2.16. The van der Waals surface area contributed by atoms with Crippen LogP contribution in [0.15, 0.2) is 12.2 Å². The van der Waals surface area contributed by atoms with Crippen LogP contribution in [0.2, 0.25) is 0 Å². The summed E-state index contributed by atoms with van der Waals surface area (Å²) in [4.78, 5) is 11.6. The summed E-state index contributed by atoms with van der Waals surface area (Å²) in [6.07, 6.45) is 9.27. The van der Waals surface area contributed by atoms with Crippen LogP contribution in [0.5, 0.6) is 0 Å². The number of nitrogens with one attached hydrogen (secondary N) is 1. The SMILES string of the molecule is O=C(OC1CC=CC1)[C@@H]1CCCCN1. The Labute approximate surface area is 84.5 Å². The van der Waals surface area contributed by atoms with E-state index in [4.69, 9.17) is 4.74 Å². The molecule has 3 nitrogen and oxygen atoms in total. The maximum atomic E-state index is 11.6. The van der Waals surface area contributed by atoms with Crippen LogP contribution in [-0.2, 0) is 9.53 Å². The van der Waals surface area contributed by atoms with E-state index >= 15 is 0 Å². The fourth-order valence-electron chi connectivity index (χ4n) is 1.99. The van der Waals surface area contributed by atoms with E-state index < -0.39 is 0 Å². The van der Waals surface area contributed by atoms with Crippen molar-refractivity contribution in [3.8, 4) is 0 Å². The minimum Gasteiger partial charge on any atom is -0.461 e. The van der Waals surface area contributed by atoms with E-state index in [1.807, 2.05) is 0 Å². The second kappa shape index (κ2) is 4.60. The summed E-state index contributed by atoms with van der Waals surface area (Å²) in [6, 6.07) is -0.0515. The molecule has 0 bridgehead atoms. The number of ether oxygens (including phenoxy) is 1. The Morgan fingerprint density at radius 1 is 1.29 bits per heavy atom. The lowest BCUT2D eigenvalue weighted by Gasteiger charge is -2.23. The zero-order valence-corrected chi connectivity index (χ0v) is 8.37. The Balaban J connectivity index is 1.76. The minimum absolute atomic E-state index is 0.0515. The summed E-state index contributed by atoms with van der Waals surface area (Å²) < 4.78 is 5.39. The fourth-order valence-corrected chi connectivity index (χ4v) is 1.99. The van der Waals surface area contributed by atoms with E-state index in [-0.39, 0.29) is 18.1 Å². The predicted octanol–water partition coefficient (Wildman–Crippen LogP) is 1.39. The molecule has 3 heteroatoms. The topological polar surface area (TPSA) is 38.3 Å². The smallest absolute Gasteiger partial charge is 0.323 e. The zero-order chi connectivity index (χ0) is 9.80. The van der Waals surface area contributed by atoms with Crippen molar-refractivity contribution >= 4 is 5.97 Å². The zero-order valence-electron chi connectivity index (χ0n) is 8.37. The van der Waals surface area contributed by atoms with Gasteiger partial charge < -0.3 is 10.1 Å². The molecule has 2 aliphatic rings. The number of hydrogen-bond acceptors (Lipinski definition) is 3. The van der Waals surface area contributed by atoms with Gasteiger partial charge in [-0.3, -0.25) is 4.79 Å². The van der Waals surface area contributed by atoms with Crippen LogP contribution in [0, 0.1) is 0 Å². The summed E-state index contributed by atoms with van der Waals surface area (Å²) >= 11 is 0. The largest absolute Gasteiger partial charge is 0.461 e. The minimum atomic E-state index is -0.0570. The second-order valence-corrected chi connectivity index (χ2v) is 4.00. The molecule has 1 atom stereocenters. The average Bonchev–Trinajstić information content (AvgIpc) is 2.72. The molecule has 0 aromatic rings. The quantitative estimate of drug-likeness (QED) is 0.534. The molecule has 78 valence electrons. The third kappa shape index (κ3) is 2.35. The van der Waals surface area contributed by atoms with Crippen LogP contribution in [0.3, 0.4) is 0 Å². The molecule has 1 fully saturated rings. The predicted molar refractivity (Wildman–Crippen MR) is 53.9 cm³/mol. The number of hydrogen-bond donors (Lipinski definition) is 1. The summed E-state index contributed by atoms with van der Waals surface area (Å²) in [5.41, 5.74) is 0. The normalized spacial score (nSPS) is 27.9. The average molecular weight is 195 g/mol. The molecular formula is C11H17NO2. The van der Waals surface area contributed by atoms with Gasteiger partial charge in [-0.2, -0.15) is 0 Å². The second-order valence-electron chi connectivity index (χ2n) is 4.00. The molecule has 14 heavy (non-hydrogen) atoms. The highest BCUT2D eigenvalue weighted by atomic mass is 16.5. The lowest BCUT2D eigenvalue weighted by Crippen LogP contribution is -2.42. The molecule has 0 aromatic carbocycles. The molecule has 2 rings (SSSR count). The molecule has 0 unspecified atom stereocenters. The molecule has 0 radical (unpaired) electrons. The molecule has 0 aromatic heterocycles. The molecule has 1 N–H and O–H groups in total. The monoisotopic (exact) mass is 195 g/mol. The molecule has 0 saturated carbocycles. The van der Waals surface area contributed by atoms with Crippen molar-refractivity contribution in [3.05, 3.63) is 12.2 Å². The van der Waals surface area contributed by atoms with Crippen molar-refractivity contribution in [3.63, 3.8) is 0 Å². The van der Waals surface area contributed by atoms with Gasteiger partial charge in [-0.15, -0.1) is 0 Å². The Kier molecular flexibility index (Phi) is 3.19. The molecule has 1 saturated heterocycles. The molecular weight excluding hydrogens is 178 g/mol. The van der Waals surface area contributed by atoms with Crippen LogP contribution in [-0.4, -0.2) is 24.7 Å². The maximum Gasteiger partial charge on any atom is 0.323 e. The maximum absolute atomic E-state index is 11.6. The van der Waals surface area contributed by atoms with Crippen LogP contribution < -0.4 is 5.32 Å². The van der Waals surface area contributed by atoms with Crippen molar-refractivity contribution in [1.82, 2.24) is 5.32 Å². The Morgan fingerprint density at radius 3 is 2.71 bits per heavy atom. The van der Waals surface area contributed by atoms with Crippen LogP contribution in [0.1, 0.15) is 32.1 Å². The van der Waals surface area contributed by atoms with E-state index in [2.05, 4.69) is 17.5 Å². The van der Waals surface area contributed by atoms with Gasteiger partial charge in [0.25, 0.3) is 0 Å². The molecule has 1 aliphatic carbocycles. The molecule has 1 aliphatic heterocycles. The number of carbonyl (C=O) groups excluding carboxylic acids is 1. The van der Waals surface area contributed by atoms with Crippen molar-refractivity contribution in [2.24, 2.45) is 0 Å². The summed E-state index contributed by atoms with van der Waals surface area (Å²) in [5, 5.41) is 3.20. The van der Waals surface area contributed by atoms with Crippen molar-refractivity contribution in [2.75, 3.05) is 6.54 Å². The first-order chi connectivity index (χ1) is 6.86. The third-order valence-electron chi connectivity index (χ3n) is 2.84. The van der Waals surface area contributed by atoms with Crippen molar-refractivity contribution in [1.29, 1.82) is 0 Å². The van der Waals surface area contributed by atoms with Gasteiger partial charge in [0.05, 0.1) is 0 Å². The molecule has 0 amide bonds. The highest BCUT2D eigenvalue weighted by molar-refractivity contribution is 5.76. The van der Waals surface area contributed by atoms with E-state index in [9.17, 15) is 4.79 Å². The first-order valence-corrected chi connectivity index (χ1v) is 5.45. The lowest BCUT2D eigenvalue weighted by atomic mass is 10.1. The van der Waals surface area contributed by atoms with Gasteiger partial charge in [0.1, 0.15) is 12.1 Å². The number of piperidine rings is 1. The molecule has 0 spiro atoms. The summed E-state index contributed by atoms with van der Waals surface area (Å²) in [5.74, 6) is -0.0570. The van der Waals surface area contributed by atoms with E-state index in [0.29, 0.717) is 0 Å². The third-order valence-corrected chi connectivity index (χ3v) is 2.84. The van der Waals surface area contributed by atoms with E-state index in [1.165, 1.54) is 6.42 Å². The van der Waals surface area contributed by atoms with Gasteiger partial charge in [0.15, 0.2) is 0 Å². The lowest BCUT2D eigenvalue weighted by molar-refractivity contribution is -0.151. The first kappa shape index (κ1) is 9.71. The Bertz CT molecular complexity index is 223. The van der Waals surface area contributed by atoms with Gasteiger partial charge in [0, 0.05) is 12.8 Å². The van der Waals surface area contributed by atoms with E-state index in [1.54, 1.807) is 0 Å². The van der Waals surface area contributed by atoms with Crippen LogP contribution >= 0.6 is 0 Å². The Hall–Kier alpha value is -0.830. The number of esters is 1. The number of carbonyl (C=O) groups is 1. The van der Waals surface area contributed by atoms with Crippen LogP contribution in [0.25, 0.3) is 0 Å². The van der Waals surface area contributed by atoms with Gasteiger partial charge in [0.2, 0.25) is 0 Å².